The van der Waals surface area contributed by atoms with E-state index in [1.807, 2.05) is 35.2 Å². The maximum atomic E-state index is 13.3. The van der Waals surface area contributed by atoms with E-state index in [1.54, 1.807) is 13.8 Å². The van der Waals surface area contributed by atoms with Gasteiger partial charge in [-0.15, -0.1) is 0 Å². The molecule has 27 heavy (non-hydrogen) atoms. The molecule has 0 spiro atoms. The fraction of sp³-hybridized carbons (Fsp3) is 0.632. The number of hydrogen-bond acceptors (Lipinski definition) is 6. The summed E-state index contributed by atoms with van der Waals surface area (Å²) in [6.07, 6.45) is 0.424. The Hall–Kier alpha value is -1.24. The van der Waals surface area contributed by atoms with Gasteiger partial charge in [0.15, 0.2) is 0 Å². The number of nitrogens with one attached hydrogen (secondary N) is 1. The molecule has 1 aromatic carbocycles. The van der Waals surface area contributed by atoms with E-state index in [1.165, 1.54) is 0 Å². The molecule has 2 heterocycles. The van der Waals surface area contributed by atoms with Gasteiger partial charge in [-0.05, 0) is 25.8 Å². The van der Waals surface area contributed by atoms with Crippen molar-refractivity contribution in [2.75, 3.05) is 39.5 Å². The van der Waals surface area contributed by atoms with Crippen molar-refractivity contribution in [2.45, 2.75) is 32.1 Å². The second-order valence-corrected chi connectivity index (χ2v) is 8.95. The van der Waals surface area contributed by atoms with Crippen molar-refractivity contribution < 1.29 is 23.1 Å². The third-order valence-electron chi connectivity index (χ3n) is 5.05. The van der Waals surface area contributed by atoms with Gasteiger partial charge in [0.1, 0.15) is 5.78 Å². The zero-order valence-electron chi connectivity index (χ0n) is 16.0. The maximum Gasteiger partial charge on any atom is 0.347 e. The summed E-state index contributed by atoms with van der Waals surface area (Å²) in [5.74, 6) is -0.746. The van der Waals surface area contributed by atoms with Gasteiger partial charge in [-0.25, -0.2) is 0 Å². The Morgan fingerprint density at radius 3 is 2.41 bits per heavy atom. The smallest absolute Gasteiger partial charge is 0.347 e. The highest BCUT2D eigenvalue weighted by Crippen LogP contribution is 2.57. The summed E-state index contributed by atoms with van der Waals surface area (Å²) in [5, 5.41) is 3.40. The molecule has 1 aromatic rings. The highest BCUT2D eigenvalue weighted by Gasteiger charge is 2.49. The number of amides is 1. The second kappa shape index (κ2) is 9.30. The zero-order valence-corrected chi connectivity index (χ0v) is 16.9. The van der Waals surface area contributed by atoms with Crippen LogP contribution in [0.4, 0.5) is 0 Å². The Morgan fingerprint density at radius 1 is 1.19 bits per heavy atom. The topological polar surface area (TPSA) is 77.1 Å². The molecule has 1 N–H and O–H groups in total. The molecule has 0 bridgehead atoms. The van der Waals surface area contributed by atoms with E-state index in [0.29, 0.717) is 45.9 Å². The van der Waals surface area contributed by atoms with E-state index in [9.17, 15) is 9.36 Å². The van der Waals surface area contributed by atoms with Crippen molar-refractivity contribution in [1.29, 1.82) is 0 Å². The molecule has 0 saturated carbocycles. The van der Waals surface area contributed by atoms with Crippen LogP contribution in [-0.4, -0.2) is 56.1 Å². The van der Waals surface area contributed by atoms with Crippen molar-refractivity contribution in [3.05, 3.63) is 35.9 Å². The number of benzene rings is 1. The Kier molecular flexibility index (Phi) is 7.06. The zero-order chi connectivity index (χ0) is 19.3. The van der Waals surface area contributed by atoms with Gasteiger partial charge in [-0.2, -0.15) is 0 Å². The highest BCUT2D eigenvalue weighted by molar-refractivity contribution is 7.54. The van der Waals surface area contributed by atoms with Crippen LogP contribution >= 0.6 is 7.60 Å². The van der Waals surface area contributed by atoms with E-state index in [0.717, 1.165) is 5.56 Å². The average molecular weight is 396 g/mol. The van der Waals surface area contributed by atoms with Crippen LogP contribution in [0.1, 0.15) is 31.9 Å². The van der Waals surface area contributed by atoms with Gasteiger partial charge in [-0.1, -0.05) is 30.3 Å². The van der Waals surface area contributed by atoms with E-state index in [-0.39, 0.29) is 17.9 Å². The van der Waals surface area contributed by atoms with Crippen LogP contribution in [0.25, 0.3) is 0 Å². The Morgan fingerprint density at radius 2 is 1.81 bits per heavy atom. The van der Waals surface area contributed by atoms with Gasteiger partial charge >= 0.3 is 7.60 Å². The van der Waals surface area contributed by atoms with Crippen molar-refractivity contribution in [2.24, 2.45) is 5.92 Å². The molecule has 150 valence electrons. The van der Waals surface area contributed by atoms with Crippen LogP contribution in [0.3, 0.4) is 0 Å². The molecule has 0 aliphatic carbocycles. The average Bonchev–Trinajstić information content (AvgIpc) is 3.15. The molecule has 7 nitrogen and oxygen atoms in total. The van der Waals surface area contributed by atoms with Gasteiger partial charge in [0.05, 0.1) is 32.3 Å². The number of ether oxygens (including phenoxy) is 1. The lowest BCUT2D eigenvalue weighted by Crippen LogP contribution is -2.44. The quantitative estimate of drug-likeness (QED) is 0.715. The number of morpholine rings is 1. The molecule has 8 heteroatoms. The van der Waals surface area contributed by atoms with Crippen LogP contribution in [0.15, 0.2) is 30.3 Å². The summed E-state index contributed by atoms with van der Waals surface area (Å²) in [6, 6.07) is 9.61. The van der Waals surface area contributed by atoms with Crippen LogP contribution in [-0.2, 0) is 23.1 Å². The van der Waals surface area contributed by atoms with E-state index >= 15 is 0 Å². The molecule has 3 atom stereocenters. The van der Waals surface area contributed by atoms with Gasteiger partial charge in [-0.3, -0.25) is 14.7 Å². The first kappa shape index (κ1) is 20.5. The Balaban J connectivity index is 1.86. The first-order chi connectivity index (χ1) is 13.1. The van der Waals surface area contributed by atoms with E-state index in [4.69, 9.17) is 13.8 Å². The van der Waals surface area contributed by atoms with Crippen molar-refractivity contribution in [3.63, 3.8) is 0 Å². The Labute approximate surface area is 160 Å². The standard InChI is InChI=1S/C19H29N2O5P/c1-3-25-27(23,26-4-2)17-14-16(19(22)21-10-12-24-13-11-21)18(20-17)15-8-6-5-7-9-15/h5-9,16-18,20H,3-4,10-14H2,1-2H3/t16-,17-,18+/m0/s1. The van der Waals surface area contributed by atoms with Gasteiger partial charge in [0.2, 0.25) is 5.91 Å². The molecule has 3 rings (SSSR count). The third kappa shape index (κ3) is 4.61. The summed E-state index contributed by atoms with van der Waals surface area (Å²) in [4.78, 5) is 15.1. The van der Waals surface area contributed by atoms with E-state index < -0.39 is 13.4 Å². The predicted molar refractivity (Wildman–Crippen MR) is 102 cm³/mol. The Bertz CT molecular complexity index is 655. The fourth-order valence-electron chi connectivity index (χ4n) is 3.82. The SMILES string of the molecule is CCOP(=O)(OCC)[C@H]1C[C@H](C(=O)N2CCOCC2)[C@@H](c2ccccc2)N1. The van der Waals surface area contributed by atoms with Crippen molar-refractivity contribution in [3.8, 4) is 0 Å². The lowest BCUT2D eigenvalue weighted by Gasteiger charge is -2.31. The van der Waals surface area contributed by atoms with E-state index in [2.05, 4.69) is 5.32 Å². The molecule has 2 aliphatic rings. The number of carbonyl (C=O) groups is 1. The minimum absolute atomic E-state index is 0.0710. The maximum absolute atomic E-state index is 13.3. The van der Waals surface area contributed by atoms with Crippen molar-refractivity contribution >= 4 is 13.5 Å². The molecule has 0 aromatic heterocycles. The molecule has 0 radical (unpaired) electrons. The predicted octanol–water partition coefficient (Wildman–Crippen LogP) is 2.79. The number of carbonyl (C=O) groups excluding carboxylic acids is 1. The van der Waals surface area contributed by atoms with Crippen molar-refractivity contribution in [1.82, 2.24) is 10.2 Å². The lowest BCUT2D eigenvalue weighted by atomic mass is 9.93. The first-order valence-electron chi connectivity index (χ1n) is 9.65. The van der Waals surface area contributed by atoms with Gasteiger partial charge in [0.25, 0.3) is 0 Å². The lowest BCUT2D eigenvalue weighted by molar-refractivity contribution is -0.140. The molecular formula is C19H29N2O5P. The first-order valence-corrected chi connectivity index (χ1v) is 11.3. The molecule has 2 fully saturated rings. The number of hydrogen-bond donors (Lipinski definition) is 1. The fourth-order valence-corrected chi connectivity index (χ4v) is 5.80. The molecule has 2 saturated heterocycles. The third-order valence-corrected chi connectivity index (χ3v) is 7.41. The molecule has 2 aliphatic heterocycles. The molecule has 1 amide bonds. The van der Waals surface area contributed by atoms with Gasteiger partial charge in [0, 0.05) is 19.1 Å². The van der Waals surface area contributed by atoms with Gasteiger partial charge < -0.3 is 18.7 Å². The summed E-state index contributed by atoms with van der Waals surface area (Å²) in [6.45, 7) is 6.49. The summed E-state index contributed by atoms with van der Waals surface area (Å²) in [5.41, 5.74) is 1.01. The largest absolute Gasteiger partial charge is 0.378 e. The molecular weight excluding hydrogens is 367 g/mol. The highest BCUT2D eigenvalue weighted by atomic mass is 31.2. The van der Waals surface area contributed by atoms with Crippen LogP contribution in [0, 0.1) is 5.92 Å². The number of rotatable bonds is 7. The number of nitrogens with zero attached hydrogens (tertiary/aromatic N) is 1. The van der Waals surface area contributed by atoms with Crippen LogP contribution in [0.5, 0.6) is 0 Å². The summed E-state index contributed by atoms with van der Waals surface area (Å²) in [7, 11) is -3.35. The van der Waals surface area contributed by atoms with Crippen LogP contribution < -0.4 is 5.32 Å². The van der Waals surface area contributed by atoms with Crippen LogP contribution in [0.2, 0.25) is 0 Å². The second-order valence-electron chi connectivity index (χ2n) is 6.73. The minimum atomic E-state index is -3.35. The molecule has 0 unspecified atom stereocenters. The summed E-state index contributed by atoms with van der Waals surface area (Å²) >= 11 is 0. The summed E-state index contributed by atoms with van der Waals surface area (Å²) < 4.78 is 29.7. The minimum Gasteiger partial charge on any atom is -0.378 e. The normalized spacial score (nSPS) is 26.3. The monoisotopic (exact) mass is 396 g/mol.